The molecule has 0 fully saturated rings. The van der Waals surface area contributed by atoms with Crippen LogP contribution in [0, 0.1) is 0 Å². The van der Waals surface area contributed by atoms with Crippen LogP contribution in [0.25, 0.3) is 11.3 Å². The van der Waals surface area contributed by atoms with Gasteiger partial charge in [-0.2, -0.15) is 0 Å². The molecular weight excluding hydrogens is 341 g/mol. The minimum atomic E-state index is 0.466. The number of rotatable bonds is 4. The van der Waals surface area contributed by atoms with E-state index in [2.05, 4.69) is 9.97 Å². The molecule has 0 aliphatic rings. The second kappa shape index (κ2) is 6.44. The molecule has 1 amide bonds. The van der Waals surface area contributed by atoms with Gasteiger partial charge in [0.05, 0.1) is 27.6 Å². The minimum Gasteiger partial charge on any atom is -0.278 e. The van der Waals surface area contributed by atoms with Crippen molar-refractivity contribution >= 4 is 51.8 Å². The molecule has 2 heterocycles. The van der Waals surface area contributed by atoms with Gasteiger partial charge in [0.25, 0.3) is 0 Å². The molecule has 0 atom stereocenters. The highest BCUT2D eigenvalue weighted by molar-refractivity contribution is 7.14. The maximum Gasteiger partial charge on any atom is 0.220 e. The molecule has 0 aliphatic heterocycles. The van der Waals surface area contributed by atoms with E-state index < -0.39 is 0 Å². The van der Waals surface area contributed by atoms with Gasteiger partial charge in [-0.3, -0.25) is 14.7 Å². The number of benzene rings is 1. The summed E-state index contributed by atoms with van der Waals surface area (Å²) in [7, 11) is 0. The van der Waals surface area contributed by atoms with Crippen molar-refractivity contribution < 1.29 is 4.79 Å². The Labute approximate surface area is 141 Å². The number of aromatic nitrogens is 2. The molecule has 0 unspecified atom stereocenters. The largest absolute Gasteiger partial charge is 0.278 e. The van der Waals surface area contributed by atoms with Crippen molar-refractivity contribution in [3.8, 4) is 11.3 Å². The van der Waals surface area contributed by atoms with E-state index in [1.165, 1.54) is 16.2 Å². The smallest absolute Gasteiger partial charge is 0.220 e. The first kappa shape index (κ1) is 15.0. The molecule has 2 aromatic heterocycles. The minimum absolute atomic E-state index is 0.466. The van der Waals surface area contributed by atoms with Crippen LogP contribution < -0.4 is 4.90 Å². The van der Waals surface area contributed by atoms with Crippen LogP contribution in [-0.2, 0) is 4.79 Å². The number of pyridine rings is 1. The van der Waals surface area contributed by atoms with E-state index in [4.69, 9.17) is 23.2 Å². The molecule has 0 saturated heterocycles. The summed E-state index contributed by atoms with van der Waals surface area (Å²) in [6, 6.07) is 8.86. The van der Waals surface area contributed by atoms with E-state index >= 15 is 0 Å². The lowest BCUT2D eigenvalue weighted by molar-refractivity contribution is -0.106. The molecule has 4 nitrogen and oxygen atoms in total. The van der Waals surface area contributed by atoms with Crippen LogP contribution in [0.15, 0.2) is 48.1 Å². The normalized spacial score (nSPS) is 10.5. The van der Waals surface area contributed by atoms with Crippen molar-refractivity contribution in [2.45, 2.75) is 0 Å². The summed E-state index contributed by atoms with van der Waals surface area (Å²) in [5.41, 5.74) is 2.23. The highest BCUT2D eigenvalue weighted by Crippen LogP contribution is 2.33. The lowest BCUT2D eigenvalue weighted by atomic mass is 10.2. The molecule has 0 N–H and O–H groups in total. The quantitative estimate of drug-likeness (QED) is 0.635. The lowest BCUT2D eigenvalue weighted by Gasteiger charge is -2.12. The summed E-state index contributed by atoms with van der Waals surface area (Å²) in [5.74, 6) is 0. The summed E-state index contributed by atoms with van der Waals surface area (Å²) in [4.78, 5) is 21.3. The van der Waals surface area contributed by atoms with Crippen LogP contribution in [0.4, 0.5) is 10.8 Å². The van der Waals surface area contributed by atoms with Crippen LogP contribution in [0.5, 0.6) is 0 Å². The molecule has 110 valence electrons. The fourth-order valence-corrected chi connectivity index (χ4v) is 2.99. The molecule has 3 rings (SSSR count). The van der Waals surface area contributed by atoms with Crippen molar-refractivity contribution in [3.63, 3.8) is 0 Å². The number of amides is 1. The Morgan fingerprint density at radius 3 is 2.73 bits per heavy atom. The average Bonchev–Trinajstić information content (AvgIpc) is 3.01. The topological polar surface area (TPSA) is 46.1 Å². The van der Waals surface area contributed by atoms with Gasteiger partial charge in [-0.05, 0) is 24.3 Å². The fraction of sp³-hybridized carbons (Fsp3) is 0. The Balaban J connectivity index is 1.95. The van der Waals surface area contributed by atoms with Gasteiger partial charge in [-0.15, -0.1) is 11.3 Å². The molecule has 0 saturated carbocycles. The van der Waals surface area contributed by atoms with E-state index in [0.717, 1.165) is 11.3 Å². The summed E-state index contributed by atoms with van der Waals surface area (Å²) in [5, 5.41) is 3.38. The van der Waals surface area contributed by atoms with Gasteiger partial charge in [0, 0.05) is 17.1 Å². The zero-order valence-corrected chi connectivity index (χ0v) is 13.4. The van der Waals surface area contributed by atoms with Gasteiger partial charge in [-0.1, -0.05) is 29.3 Å². The Kier molecular flexibility index (Phi) is 4.38. The molecule has 1 aromatic carbocycles. The van der Waals surface area contributed by atoms with Crippen molar-refractivity contribution in [1.29, 1.82) is 0 Å². The molecule has 0 radical (unpaired) electrons. The van der Waals surface area contributed by atoms with Crippen molar-refractivity contribution in [3.05, 3.63) is 58.2 Å². The summed E-state index contributed by atoms with van der Waals surface area (Å²) < 4.78 is 0. The second-order valence-corrected chi connectivity index (χ2v) is 5.98. The van der Waals surface area contributed by atoms with Gasteiger partial charge in [-0.25, -0.2) is 4.98 Å². The van der Waals surface area contributed by atoms with Crippen molar-refractivity contribution in [1.82, 2.24) is 9.97 Å². The zero-order valence-electron chi connectivity index (χ0n) is 11.1. The van der Waals surface area contributed by atoms with Gasteiger partial charge in [0.2, 0.25) is 6.41 Å². The molecule has 3 aromatic rings. The Bertz CT molecular complexity index is 808. The number of carbonyl (C=O) groups is 1. The summed E-state index contributed by atoms with van der Waals surface area (Å²) >= 11 is 13.3. The molecule has 0 bridgehead atoms. The van der Waals surface area contributed by atoms with Crippen molar-refractivity contribution in [2.75, 3.05) is 4.90 Å². The Morgan fingerprint density at radius 1 is 1.18 bits per heavy atom. The van der Waals surface area contributed by atoms with E-state index in [1.54, 1.807) is 36.7 Å². The number of hydrogen-bond acceptors (Lipinski definition) is 4. The molecule has 7 heteroatoms. The van der Waals surface area contributed by atoms with Crippen LogP contribution >= 0.6 is 34.5 Å². The first-order chi connectivity index (χ1) is 10.7. The van der Waals surface area contributed by atoms with E-state index in [-0.39, 0.29) is 0 Å². The van der Waals surface area contributed by atoms with Gasteiger partial charge >= 0.3 is 0 Å². The van der Waals surface area contributed by atoms with Crippen LogP contribution in [0.2, 0.25) is 10.0 Å². The standard InChI is InChI=1S/C15H9Cl2N3OS/c16-12-4-3-10(6-13(12)17)14-8-22-15(19-14)20(9-21)11-2-1-5-18-7-11/h1-9H. The molecular formula is C15H9Cl2N3OS. The maximum absolute atomic E-state index is 11.4. The van der Waals surface area contributed by atoms with E-state index in [9.17, 15) is 4.79 Å². The first-order valence-electron chi connectivity index (χ1n) is 6.24. The van der Waals surface area contributed by atoms with E-state index in [1.807, 2.05) is 11.4 Å². The number of thiazole rings is 1. The van der Waals surface area contributed by atoms with Crippen LogP contribution in [0.1, 0.15) is 0 Å². The SMILES string of the molecule is O=CN(c1cccnc1)c1nc(-c2ccc(Cl)c(Cl)c2)cs1. The van der Waals surface area contributed by atoms with Crippen LogP contribution in [0.3, 0.4) is 0 Å². The number of halogens is 2. The highest BCUT2D eigenvalue weighted by Gasteiger charge is 2.14. The Hall–Kier alpha value is -1.95. The third-order valence-corrected chi connectivity index (χ3v) is 4.52. The first-order valence-corrected chi connectivity index (χ1v) is 7.88. The maximum atomic E-state index is 11.4. The van der Waals surface area contributed by atoms with Gasteiger partial charge in [0.1, 0.15) is 0 Å². The van der Waals surface area contributed by atoms with Gasteiger partial charge in [0.15, 0.2) is 5.13 Å². The Morgan fingerprint density at radius 2 is 2.05 bits per heavy atom. The fourth-order valence-electron chi connectivity index (χ4n) is 1.88. The lowest BCUT2D eigenvalue weighted by Crippen LogP contribution is -2.13. The predicted molar refractivity (Wildman–Crippen MR) is 90.0 cm³/mol. The third kappa shape index (κ3) is 2.97. The molecule has 0 spiro atoms. The van der Waals surface area contributed by atoms with Crippen molar-refractivity contribution in [2.24, 2.45) is 0 Å². The summed E-state index contributed by atoms with van der Waals surface area (Å²) in [6.07, 6.45) is 3.97. The van der Waals surface area contributed by atoms with Crippen LogP contribution in [-0.4, -0.2) is 16.4 Å². The number of anilines is 2. The monoisotopic (exact) mass is 349 g/mol. The number of hydrogen-bond donors (Lipinski definition) is 0. The number of nitrogens with zero attached hydrogens (tertiary/aromatic N) is 3. The third-order valence-electron chi connectivity index (χ3n) is 2.94. The predicted octanol–water partition coefficient (Wildman–Crippen LogP) is 4.81. The number of carbonyl (C=O) groups excluding carboxylic acids is 1. The zero-order chi connectivity index (χ0) is 15.5. The average molecular weight is 350 g/mol. The molecule has 22 heavy (non-hydrogen) atoms. The van der Waals surface area contributed by atoms with E-state index in [0.29, 0.717) is 27.3 Å². The summed E-state index contributed by atoms with van der Waals surface area (Å²) in [6.45, 7) is 0. The second-order valence-electron chi connectivity index (χ2n) is 4.33. The molecule has 0 aliphatic carbocycles. The highest BCUT2D eigenvalue weighted by atomic mass is 35.5. The van der Waals surface area contributed by atoms with Gasteiger partial charge < -0.3 is 0 Å².